The number of carbonyl (C=O) groups excluding carboxylic acids is 2. The first-order valence-corrected chi connectivity index (χ1v) is 8.70. The second-order valence-electron chi connectivity index (χ2n) is 6.78. The van der Waals surface area contributed by atoms with Gasteiger partial charge in [0, 0.05) is 49.8 Å². The second kappa shape index (κ2) is 7.15. The Morgan fingerprint density at radius 3 is 2.57 bits per heavy atom. The van der Waals surface area contributed by atoms with Crippen molar-refractivity contribution in [2.75, 3.05) is 19.6 Å². The summed E-state index contributed by atoms with van der Waals surface area (Å²) in [5.41, 5.74) is 1.04. The van der Waals surface area contributed by atoms with Gasteiger partial charge in [-0.25, -0.2) is 4.98 Å². The number of hydrogen-bond acceptors (Lipinski definition) is 3. The number of piperidine rings is 1. The molecule has 2 N–H and O–H groups in total. The molecule has 2 heterocycles. The van der Waals surface area contributed by atoms with E-state index in [4.69, 9.17) is 0 Å². The van der Waals surface area contributed by atoms with E-state index in [1.807, 2.05) is 11.8 Å². The third-order valence-corrected chi connectivity index (χ3v) is 5.05. The molecule has 2 aliphatic rings. The topological polar surface area (TPSA) is 78.1 Å². The number of amides is 2. The fourth-order valence-electron chi connectivity index (χ4n) is 3.32. The molecule has 6 heteroatoms. The van der Waals surface area contributed by atoms with Crippen LogP contribution in [0.15, 0.2) is 6.20 Å². The summed E-state index contributed by atoms with van der Waals surface area (Å²) >= 11 is 0. The number of likely N-dealkylation sites (tertiary alicyclic amines) is 1. The van der Waals surface area contributed by atoms with Crippen LogP contribution in [0.2, 0.25) is 0 Å². The van der Waals surface area contributed by atoms with Crippen LogP contribution < -0.4 is 5.32 Å². The first-order valence-electron chi connectivity index (χ1n) is 8.70. The van der Waals surface area contributed by atoms with Crippen LogP contribution in [-0.4, -0.2) is 46.3 Å². The van der Waals surface area contributed by atoms with Gasteiger partial charge in [-0.2, -0.15) is 0 Å². The Balaban J connectivity index is 1.37. The van der Waals surface area contributed by atoms with E-state index in [0.717, 1.165) is 56.7 Å². The Morgan fingerprint density at radius 2 is 2.00 bits per heavy atom. The molecule has 2 fully saturated rings. The SMILES string of the molecule is Cc1cnc(CCNC(=O)C2CCN(C(=O)C3CCC3)CC2)[nH]1. The standard InChI is InChI=1S/C17H26N4O2/c1-12-11-19-15(20-12)5-8-18-16(22)13-6-9-21(10-7-13)17(23)14-3-2-4-14/h11,13-14H,2-10H2,1H3,(H,18,22)(H,19,20). The minimum atomic E-state index is 0.0405. The van der Waals surface area contributed by atoms with Crippen LogP contribution in [0.3, 0.4) is 0 Å². The van der Waals surface area contributed by atoms with Crippen molar-refractivity contribution < 1.29 is 9.59 Å². The van der Waals surface area contributed by atoms with Gasteiger partial charge >= 0.3 is 0 Å². The Labute approximate surface area is 137 Å². The van der Waals surface area contributed by atoms with E-state index in [0.29, 0.717) is 12.5 Å². The highest BCUT2D eigenvalue weighted by Crippen LogP contribution is 2.30. The average Bonchev–Trinajstić information content (AvgIpc) is 2.91. The predicted molar refractivity (Wildman–Crippen MR) is 86.7 cm³/mol. The van der Waals surface area contributed by atoms with Crippen LogP contribution in [0.1, 0.15) is 43.6 Å². The molecule has 3 rings (SSSR count). The number of aromatic nitrogens is 2. The van der Waals surface area contributed by atoms with Gasteiger partial charge in [0.2, 0.25) is 11.8 Å². The minimum absolute atomic E-state index is 0.0405. The molecule has 1 aromatic rings. The third-order valence-electron chi connectivity index (χ3n) is 5.05. The van der Waals surface area contributed by atoms with E-state index < -0.39 is 0 Å². The Hall–Kier alpha value is -1.85. The molecule has 0 atom stereocenters. The maximum atomic E-state index is 12.2. The number of aromatic amines is 1. The summed E-state index contributed by atoms with van der Waals surface area (Å²) in [6.45, 7) is 4.02. The lowest BCUT2D eigenvalue weighted by atomic mass is 9.83. The van der Waals surface area contributed by atoms with E-state index in [1.54, 1.807) is 6.20 Å². The summed E-state index contributed by atoms with van der Waals surface area (Å²) in [5.74, 6) is 1.63. The first-order chi connectivity index (χ1) is 11.1. The van der Waals surface area contributed by atoms with Gasteiger partial charge in [-0.1, -0.05) is 6.42 Å². The van der Waals surface area contributed by atoms with Crippen molar-refractivity contribution in [3.8, 4) is 0 Å². The number of nitrogens with one attached hydrogen (secondary N) is 2. The van der Waals surface area contributed by atoms with Crippen molar-refractivity contribution >= 4 is 11.8 Å². The largest absolute Gasteiger partial charge is 0.355 e. The zero-order valence-electron chi connectivity index (χ0n) is 13.8. The number of H-pyrrole nitrogens is 1. The van der Waals surface area contributed by atoms with Crippen molar-refractivity contribution in [3.63, 3.8) is 0 Å². The molecule has 0 unspecified atom stereocenters. The van der Waals surface area contributed by atoms with Gasteiger partial charge < -0.3 is 15.2 Å². The number of nitrogens with zero attached hydrogens (tertiary/aromatic N) is 2. The van der Waals surface area contributed by atoms with Gasteiger partial charge in [-0.15, -0.1) is 0 Å². The van der Waals surface area contributed by atoms with Gasteiger partial charge in [0.15, 0.2) is 0 Å². The second-order valence-corrected chi connectivity index (χ2v) is 6.78. The van der Waals surface area contributed by atoms with Crippen molar-refractivity contribution in [2.45, 2.75) is 45.4 Å². The molecule has 1 saturated carbocycles. The first kappa shape index (κ1) is 16.0. The Morgan fingerprint density at radius 1 is 1.26 bits per heavy atom. The van der Waals surface area contributed by atoms with Crippen LogP contribution in [-0.2, 0) is 16.0 Å². The molecule has 6 nitrogen and oxygen atoms in total. The molecule has 0 radical (unpaired) electrons. The number of hydrogen-bond donors (Lipinski definition) is 2. The molecule has 0 aromatic carbocycles. The molecule has 2 amide bonds. The number of carbonyl (C=O) groups is 2. The van der Waals surface area contributed by atoms with Gasteiger partial charge in [0.1, 0.15) is 5.82 Å². The Kier molecular flexibility index (Phi) is 4.98. The summed E-state index contributed by atoms with van der Waals surface area (Å²) in [4.78, 5) is 33.8. The van der Waals surface area contributed by atoms with E-state index in [9.17, 15) is 9.59 Å². The van der Waals surface area contributed by atoms with E-state index in [2.05, 4.69) is 15.3 Å². The molecule has 1 aromatic heterocycles. The van der Waals surface area contributed by atoms with Crippen molar-refractivity contribution in [1.29, 1.82) is 0 Å². The lowest BCUT2D eigenvalue weighted by molar-refractivity contribution is -0.141. The van der Waals surface area contributed by atoms with Crippen molar-refractivity contribution in [2.24, 2.45) is 11.8 Å². The predicted octanol–water partition coefficient (Wildman–Crippen LogP) is 1.42. The quantitative estimate of drug-likeness (QED) is 0.862. The average molecular weight is 318 g/mol. The monoisotopic (exact) mass is 318 g/mol. The van der Waals surface area contributed by atoms with Crippen LogP contribution in [0.4, 0.5) is 0 Å². The number of imidazole rings is 1. The molecule has 126 valence electrons. The third kappa shape index (κ3) is 3.92. The van der Waals surface area contributed by atoms with E-state index in [-0.39, 0.29) is 17.7 Å². The Bertz CT molecular complexity index is 557. The fraction of sp³-hybridized carbons (Fsp3) is 0.706. The number of aryl methyl sites for hydroxylation is 1. The molecule has 1 aliphatic carbocycles. The molecule has 1 aliphatic heterocycles. The normalized spacial score (nSPS) is 19.4. The fourth-order valence-corrected chi connectivity index (χ4v) is 3.32. The van der Waals surface area contributed by atoms with Crippen LogP contribution >= 0.6 is 0 Å². The van der Waals surface area contributed by atoms with Crippen molar-refractivity contribution in [3.05, 3.63) is 17.7 Å². The van der Waals surface area contributed by atoms with Gasteiger partial charge in [-0.3, -0.25) is 9.59 Å². The molecule has 0 spiro atoms. The van der Waals surface area contributed by atoms with Crippen LogP contribution in [0.5, 0.6) is 0 Å². The summed E-state index contributed by atoms with van der Waals surface area (Å²) < 4.78 is 0. The summed E-state index contributed by atoms with van der Waals surface area (Å²) in [7, 11) is 0. The zero-order valence-corrected chi connectivity index (χ0v) is 13.8. The zero-order chi connectivity index (χ0) is 16.2. The van der Waals surface area contributed by atoms with Gasteiger partial charge in [0.25, 0.3) is 0 Å². The molecular formula is C17H26N4O2. The lowest BCUT2D eigenvalue weighted by Gasteiger charge is -2.36. The van der Waals surface area contributed by atoms with Gasteiger partial charge in [-0.05, 0) is 32.6 Å². The maximum Gasteiger partial charge on any atom is 0.225 e. The maximum absolute atomic E-state index is 12.2. The van der Waals surface area contributed by atoms with Gasteiger partial charge in [0.05, 0.1) is 0 Å². The lowest BCUT2D eigenvalue weighted by Crippen LogP contribution is -2.46. The molecule has 0 bridgehead atoms. The summed E-state index contributed by atoms with van der Waals surface area (Å²) in [5, 5.41) is 3.00. The highest BCUT2D eigenvalue weighted by atomic mass is 16.2. The highest BCUT2D eigenvalue weighted by Gasteiger charge is 2.33. The molecular weight excluding hydrogens is 292 g/mol. The van der Waals surface area contributed by atoms with Crippen LogP contribution in [0, 0.1) is 18.8 Å². The highest BCUT2D eigenvalue weighted by molar-refractivity contribution is 5.81. The summed E-state index contributed by atoms with van der Waals surface area (Å²) in [6.07, 6.45) is 7.36. The van der Waals surface area contributed by atoms with E-state index >= 15 is 0 Å². The number of rotatable bonds is 5. The van der Waals surface area contributed by atoms with Crippen molar-refractivity contribution in [1.82, 2.24) is 20.2 Å². The summed E-state index contributed by atoms with van der Waals surface area (Å²) in [6, 6.07) is 0. The van der Waals surface area contributed by atoms with Crippen LogP contribution in [0.25, 0.3) is 0 Å². The minimum Gasteiger partial charge on any atom is -0.355 e. The van der Waals surface area contributed by atoms with E-state index in [1.165, 1.54) is 6.42 Å². The smallest absolute Gasteiger partial charge is 0.225 e. The molecule has 1 saturated heterocycles. The molecule has 23 heavy (non-hydrogen) atoms.